The third-order valence-electron chi connectivity index (χ3n) is 6.80. The molecule has 9 heteroatoms. The highest BCUT2D eigenvalue weighted by Gasteiger charge is 2.35. The largest absolute Gasteiger partial charge is 0.486 e. The van der Waals surface area contributed by atoms with E-state index in [0.717, 1.165) is 12.5 Å². The summed E-state index contributed by atoms with van der Waals surface area (Å²) in [6.45, 7) is 5.82. The van der Waals surface area contributed by atoms with Gasteiger partial charge in [0.2, 0.25) is 0 Å². The number of hydrogen-bond acceptors (Lipinski definition) is 5. The van der Waals surface area contributed by atoms with Gasteiger partial charge >= 0.3 is 6.03 Å². The van der Waals surface area contributed by atoms with Crippen LogP contribution in [0.4, 0.5) is 20.6 Å². The topological polar surface area (TPSA) is 94.1 Å². The molecule has 3 N–H and O–H groups in total. The lowest BCUT2D eigenvalue weighted by molar-refractivity contribution is 0.0346. The molecule has 0 aromatic heterocycles. The Labute approximate surface area is 211 Å². The maximum absolute atomic E-state index is 13.5. The van der Waals surface area contributed by atoms with Crippen molar-refractivity contribution in [3.05, 3.63) is 53.8 Å². The van der Waals surface area contributed by atoms with E-state index >= 15 is 0 Å². The molecule has 0 saturated heterocycles. The van der Waals surface area contributed by atoms with Crippen LogP contribution in [0.25, 0.3) is 0 Å². The number of halogens is 1. The molecule has 1 aliphatic heterocycles. The van der Waals surface area contributed by atoms with Crippen molar-refractivity contribution >= 4 is 23.3 Å². The summed E-state index contributed by atoms with van der Waals surface area (Å²) in [4.78, 5) is 30.2. The molecule has 2 aromatic rings. The number of aliphatic hydroxyl groups is 1. The molecule has 36 heavy (non-hydrogen) atoms. The Balaban J connectivity index is 1.62. The van der Waals surface area contributed by atoms with Crippen LogP contribution in [0, 0.1) is 17.7 Å². The molecule has 0 bridgehead atoms. The zero-order chi connectivity index (χ0) is 25.8. The Morgan fingerprint density at radius 3 is 2.58 bits per heavy atom. The van der Waals surface area contributed by atoms with Crippen molar-refractivity contribution in [2.24, 2.45) is 11.8 Å². The van der Waals surface area contributed by atoms with Crippen molar-refractivity contribution in [1.82, 2.24) is 9.80 Å². The molecule has 1 heterocycles. The first-order chi connectivity index (χ1) is 17.2. The summed E-state index contributed by atoms with van der Waals surface area (Å²) in [5.74, 6) is 0.365. The first-order valence-corrected chi connectivity index (χ1v) is 12.5. The fraction of sp³-hybridized carbons (Fsp3) is 0.481. The lowest BCUT2D eigenvalue weighted by atomic mass is 9.99. The van der Waals surface area contributed by atoms with E-state index in [1.807, 2.05) is 13.8 Å². The summed E-state index contributed by atoms with van der Waals surface area (Å²) < 4.78 is 19.7. The van der Waals surface area contributed by atoms with E-state index in [1.165, 1.54) is 37.1 Å². The van der Waals surface area contributed by atoms with Crippen LogP contribution in [0.2, 0.25) is 0 Å². The Morgan fingerprint density at radius 2 is 1.92 bits per heavy atom. The number of carbonyl (C=O) groups is 2. The van der Waals surface area contributed by atoms with Gasteiger partial charge in [-0.25, -0.2) is 9.18 Å². The van der Waals surface area contributed by atoms with E-state index in [0.29, 0.717) is 35.8 Å². The van der Waals surface area contributed by atoms with Gasteiger partial charge in [-0.2, -0.15) is 0 Å². The maximum Gasteiger partial charge on any atom is 0.323 e. The van der Waals surface area contributed by atoms with E-state index in [-0.39, 0.29) is 30.6 Å². The predicted molar refractivity (Wildman–Crippen MR) is 137 cm³/mol. The van der Waals surface area contributed by atoms with Crippen molar-refractivity contribution in [1.29, 1.82) is 0 Å². The average molecular weight is 499 g/mol. The number of hydrogen-bond donors (Lipinski definition) is 3. The summed E-state index contributed by atoms with van der Waals surface area (Å²) in [6.07, 6.45) is 2.26. The smallest absolute Gasteiger partial charge is 0.323 e. The van der Waals surface area contributed by atoms with Gasteiger partial charge in [-0.1, -0.05) is 13.0 Å². The van der Waals surface area contributed by atoms with Gasteiger partial charge in [0.1, 0.15) is 11.9 Å². The predicted octanol–water partition coefficient (Wildman–Crippen LogP) is 4.03. The molecule has 4 rings (SSSR count). The van der Waals surface area contributed by atoms with Gasteiger partial charge in [-0.15, -0.1) is 0 Å². The first kappa shape index (κ1) is 25.9. The number of likely N-dealkylation sites (N-methyl/N-ethyl adjacent to an activating group) is 1. The lowest BCUT2D eigenvalue weighted by Crippen LogP contribution is -2.50. The average Bonchev–Trinajstić information content (AvgIpc) is 3.66. The molecular weight excluding hydrogens is 463 g/mol. The van der Waals surface area contributed by atoms with Gasteiger partial charge in [-0.05, 0) is 69.1 Å². The molecule has 3 atom stereocenters. The third-order valence-corrected chi connectivity index (χ3v) is 6.80. The number of carbonyl (C=O) groups excluding carboxylic acids is 2. The van der Waals surface area contributed by atoms with Gasteiger partial charge in [0, 0.05) is 31.2 Å². The van der Waals surface area contributed by atoms with E-state index in [9.17, 15) is 19.1 Å². The molecule has 8 nitrogen and oxygen atoms in total. The molecule has 1 aliphatic carbocycles. The summed E-state index contributed by atoms with van der Waals surface area (Å²) in [7, 11) is 2.08. The van der Waals surface area contributed by atoms with Crippen LogP contribution in [0.5, 0.6) is 5.75 Å². The molecule has 0 radical (unpaired) electrons. The molecule has 3 amide bonds. The zero-order valence-electron chi connectivity index (χ0n) is 21.0. The number of nitrogens with one attached hydrogen (secondary N) is 2. The minimum Gasteiger partial charge on any atom is -0.486 e. The second-order valence-corrected chi connectivity index (χ2v) is 10.1. The summed E-state index contributed by atoms with van der Waals surface area (Å²) in [5.41, 5.74) is 1.12. The number of aliphatic hydroxyl groups excluding tert-OH is 1. The highest BCUT2D eigenvalue weighted by molar-refractivity contribution is 6.04. The van der Waals surface area contributed by atoms with E-state index < -0.39 is 11.8 Å². The number of fused-ring (bicyclic) bond motifs is 1. The van der Waals surface area contributed by atoms with Crippen molar-refractivity contribution in [3.63, 3.8) is 0 Å². The number of nitrogens with zero attached hydrogens (tertiary/aromatic N) is 2. The van der Waals surface area contributed by atoms with E-state index in [1.54, 1.807) is 23.1 Å². The standard InChI is InChI=1S/C27H35FN4O4/c1-17-13-32(18(2)16-33)26(34)22-5-4-6-23(30-27(35)29-21-11-9-20(28)10-12-21)25(22)36-24(17)15-31(3)14-19-7-8-19/h4-6,9-12,17-19,24,33H,7-8,13-16H2,1-3H3,(H2,29,30,35)/t17-,18+,24-/m1/s1. The second-order valence-electron chi connectivity index (χ2n) is 10.1. The SMILES string of the molecule is C[C@@H]1CN([C@@H](C)CO)C(=O)c2cccc(NC(=O)Nc3ccc(F)cc3)c2O[C@@H]1CN(C)CC1CC1. The van der Waals surface area contributed by atoms with Crippen LogP contribution < -0.4 is 15.4 Å². The maximum atomic E-state index is 13.5. The molecular formula is C27H35FN4O4. The molecule has 0 unspecified atom stereocenters. The van der Waals surface area contributed by atoms with E-state index in [2.05, 4.69) is 22.6 Å². The number of benzene rings is 2. The fourth-order valence-corrected chi connectivity index (χ4v) is 4.50. The van der Waals surface area contributed by atoms with Crippen molar-refractivity contribution in [2.75, 3.05) is 43.9 Å². The van der Waals surface area contributed by atoms with Crippen LogP contribution in [0.1, 0.15) is 37.0 Å². The summed E-state index contributed by atoms with van der Waals surface area (Å²) in [6, 6.07) is 9.60. The van der Waals surface area contributed by atoms with Crippen LogP contribution in [0.15, 0.2) is 42.5 Å². The van der Waals surface area contributed by atoms with Gasteiger partial charge in [0.15, 0.2) is 5.75 Å². The Kier molecular flexibility index (Phi) is 8.11. The van der Waals surface area contributed by atoms with Gasteiger partial charge in [0.25, 0.3) is 5.91 Å². The molecule has 194 valence electrons. The van der Waals surface area contributed by atoms with Gasteiger partial charge < -0.3 is 30.3 Å². The molecule has 0 spiro atoms. The number of urea groups is 1. The lowest BCUT2D eigenvalue weighted by Gasteiger charge is -2.38. The van der Waals surface area contributed by atoms with Crippen LogP contribution >= 0.6 is 0 Å². The van der Waals surface area contributed by atoms with Gasteiger partial charge in [0.05, 0.1) is 23.9 Å². The van der Waals surface area contributed by atoms with Crippen LogP contribution in [-0.2, 0) is 0 Å². The number of rotatable bonds is 8. The number of ether oxygens (including phenoxy) is 1. The summed E-state index contributed by atoms with van der Waals surface area (Å²) >= 11 is 0. The normalized spacial score (nSPS) is 20.7. The molecule has 2 aliphatic rings. The minimum absolute atomic E-state index is 0.0150. The first-order valence-electron chi connectivity index (χ1n) is 12.5. The molecule has 1 fully saturated rings. The van der Waals surface area contributed by atoms with E-state index in [4.69, 9.17) is 4.74 Å². The summed E-state index contributed by atoms with van der Waals surface area (Å²) in [5, 5.41) is 15.3. The Bertz CT molecular complexity index is 1080. The fourth-order valence-electron chi connectivity index (χ4n) is 4.50. The number of amides is 3. The van der Waals surface area contributed by atoms with Crippen molar-refractivity contribution < 1.29 is 23.8 Å². The highest BCUT2D eigenvalue weighted by Crippen LogP contribution is 2.35. The van der Waals surface area contributed by atoms with Crippen molar-refractivity contribution in [2.45, 2.75) is 38.8 Å². The minimum atomic E-state index is -0.538. The Morgan fingerprint density at radius 1 is 1.19 bits per heavy atom. The third kappa shape index (κ3) is 6.33. The van der Waals surface area contributed by atoms with Crippen LogP contribution in [-0.4, -0.2) is 72.3 Å². The second kappa shape index (κ2) is 11.3. The highest BCUT2D eigenvalue weighted by atomic mass is 19.1. The zero-order valence-corrected chi connectivity index (χ0v) is 21.0. The quantitative estimate of drug-likeness (QED) is 0.511. The Hall–Kier alpha value is -3.17. The van der Waals surface area contributed by atoms with Crippen molar-refractivity contribution in [3.8, 4) is 5.75 Å². The molecule has 2 aromatic carbocycles. The number of para-hydroxylation sites is 1. The number of anilines is 2. The van der Waals surface area contributed by atoms with Crippen LogP contribution in [0.3, 0.4) is 0 Å². The molecule has 1 saturated carbocycles. The van der Waals surface area contributed by atoms with Gasteiger partial charge in [-0.3, -0.25) is 4.79 Å². The monoisotopic (exact) mass is 498 g/mol.